The van der Waals surface area contributed by atoms with Gasteiger partial charge in [-0.05, 0) is 80.0 Å². The molecule has 2 aromatic heterocycles. The zero-order valence-electron chi connectivity index (χ0n) is 17.0. The first-order chi connectivity index (χ1) is 14.5. The second-order valence-corrected chi connectivity index (χ2v) is 7.80. The summed E-state index contributed by atoms with van der Waals surface area (Å²) >= 11 is 5.74. The minimum Gasteiger partial charge on any atom is -0.467 e. The fourth-order valence-corrected chi connectivity index (χ4v) is 3.94. The van der Waals surface area contributed by atoms with Gasteiger partial charge in [-0.25, -0.2) is 4.39 Å². The summed E-state index contributed by atoms with van der Waals surface area (Å²) in [7, 11) is 0. The summed E-state index contributed by atoms with van der Waals surface area (Å²) in [5.74, 6) is 0.609. The van der Waals surface area contributed by atoms with Gasteiger partial charge in [-0.1, -0.05) is 18.2 Å². The molecule has 0 unspecified atom stereocenters. The van der Waals surface area contributed by atoms with E-state index >= 15 is 0 Å². The van der Waals surface area contributed by atoms with E-state index in [1.54, 1.807) is 18.4 Å². The lowest BCUT2D eigenvalue weighted by Crippen LogP contribution is -2.36. The van der Waals surface area contributed by atoms with Gasteiger partial charge >= 0.3 is 0 Å². The topological polar surface area (TPSA) is 44.2 Å². The third-order valence-electron chi connectivity index (χ3n) is 5.31. The Bertz CT molecular complexity index is 1170. The number of hydrogen-bond acceptors (Lipinski definition) is 2. The van der Waals surface area contributed by atoms with Crippen LogP contribution in [0.2, 0.25) is 0 Å². The molecular formula is C24H24FN3OS. The second-order valence-electron chi connectivity index (χ2n) is 7.41. The van der Waals surface area contributed by atoms with Crippen LogP contribution in [0.15, 0.2) is 65.3 Å². The average molecular weight is 422 g/mol. The lowest BCUT2D eigenvalue weighted by Gasteiger charge is -2.25. The Kier molecular flexibility index (Phi) is 5.86. The molecule has 0 amide bonds. The molecular weight excluding hydrogens is 397 g/mol. The first kappa shape index (κ1) is 20.2. The van der Waals surface area contributed by atoms with E-state index in [9.17, 15) is 4.39 Å². The maximum absolute atomic E-state index is 13.8. The predicted octanol–water partition coefficient (Wildman–Crippen LogP) is 5.96. The largest absolute Gasteiger partial charge is 0.467 e. The van der Waals surface area contributed by atoms with Crippen LogP contribution in [-0.2, 0) is 13.0 Å². The molecule has 4 aromatic rings. The summed E-state index contributed by atoms with van der Waals surface area (Å²) in [6.45, 7) is 5.29. The summed E-state index contributed by atoms with van der Waals surface area (Å²) in [6.07, 6.45) is 2.39. The van der Waals surface area contributed by atoms with Crippen molar-refractivity contribution in [1.82, 2.24) is 9.88 Å². The number of halogens is 1. The van der Waals surface area contributed by atoms with Crippen LogP contribution in [0.25, 0.3) is 10.9 Å². The summed E-state index contributed by atoms with van der Waals surface area (Å²) in [5, 5.41) is 4.91. The van der Waals surface area contributed by atoms with E-state index in [4.69, 9.17) is 16.6 Å². The van der Waals surface area contributed by atoms with Crippen LogP contribution >= 0.6 is 12.2 Å². The van der Waals surface area contributed by atoms with Crippen molar-refractivity contribution in [2.24, 2.45) is 0 Å². The molecule has 0 spiro atoms. The van der Waals surface area contributed by atoms with Gasteiger partial charge in [0.1, 0.15) is 11.6 Å². The molecule has 6 heteroatoms. The van der Waals surface area contributed by atoms with Gasteiger partial charge in [0.15, 0.2) is 5.11 Å². The molecule has 2 heterocycles. The normalized spacial score (nSPS) is 11.0. The molecule has 154 valence electrons. The Balaban J connectivity index is 1.56. The Morgan fingerprint density at radius 1 is 1.13 bits per heavy atom. The molecule has 0 saturated heterocycles. The summed E-state index contributed by atoms with van der Waals surface area (Å²) in [5.41, 5.74) is 5.21. The number of nitrogens with zero attached hydrogens (tertiary/aromatic N) is 1. The third kappa shape index (κ3) is 4.39. The molecule has 0 aliphatic heterocycles. The van der Waals surface area contributed by atoms with Crippen LogP contribution < -0.4 is 5.32 Å². The number of anilines is 1. The van der Waals surface area contributed by atoms with Gasteiger partial charge in [0.05, 0.1) is 12.8 Å². The zero-order chi connectivity index (χ0) is 21.1. The Hall–Kier alpha value is -3.12. The Morgan fingerprint density at radius 3 is 2.73 bits per heavy atom. The van der Waals surface area contributed by atoms with Gasteiger partial charge in [-0.2, -0.15) is 0 Å². The monoisotopic (exact) mass is 421 g/mol. The van der Waals surface area contributed by atoms with E-state index in [2.05, 4.69) is 15.2 Å². The minimum atomic E-state index is -0.230. The van der Waals surface area contributed by atoms with Crippen LogP contribution in [0.1, 0.15) is 22.6 Å². The molecule has 4 nitrogen and oxygen atoms in total. The fraction of sp³-hybridized carbons (Fsp3) is 0.208. The average Bonchev–Trinajstić information content (AvgIpc) is 3.34. The first-order valence-electron chi connectivity index (χ1n) is 9.92. The molecule has 2 aromatic carbocycles. The van der Waals surface area contributed by atoms with Crippen LogP contribution in [0.4, 0.5) is 10.1 Å². The zero-order valence-corrected chi connectivity index (χ0v) is 17.9. The summed E-state index contributed by atoms with van der Waals surface area (Å²) in [6, 6.07) is 16.7. The Morgan fingerprint density at radius 2 is 1.97 bits per heavy atom. The highest BCUT2D eigenvalue weighted by molar-refractivity contribution is 7.80. The molecule has 2 N–H and O–H groups in total. The van der Waals surface area contributed by atoms with Gasteiger partial charge in [0, 0.05) is 28.8 Å². The second kappa shape index (κ2) is 8.71. The van der Waals surface area contributed by atoms with Crippen molar-refractivity contribution in [1.29, 1.82) is 0 Å². The molecule has 0 bridgehead atoms. The smallest absolute Gasteiger partial charge is 0.173 e. The van der Waals surface area contributed by atoms with Crippen LogP contribution in [0.3, 0.4) is 0 Å². The highest BCUT2D eigenvalue weighted by Crippen LogP contribution is 2.24. The predicted molar refractivity (Wildman–Crippen MR) is 123 cm³/mol. The van der Waals surface area contributed by atoms with Crippen LogP contribution in [0, 0.1) is 19.7 Å². The number of aromatic amines is 1. The lowest BCUT2D eigenvalue weighted by atomic mass is 10.1. The maximum Gasteiger partial charge on any atom is 0.173 e. The number of rotatable bonds is 6. The number of fused-ring (bicyclic) bond motifs is 1. The summed E-state index contributed by atoms with van der Waals surface area (Å²) < 4.78 is 19.4. The van der Waals surface area contributed by atoms with Crippen molar-refractivity contribution in [3.05, 3.63) is 89.3 Å². The number of aryl methyl sites for hydroxylation is 2. The maximum atomic E-state index is 13.8. The van der Waals surface area contributed by atoms with Crippen LogP contribution in [-0.4, -0.2) is 21.5 Å². The number of para-hydroxylation sites is 1. The van der Waals surface area contributed by atoms with Crippen LogP contribution in [0.5, 0.6) is 0 Å². The fourth-order valence-electron chi connectivity index (χ4n) is 3.67. The third-order valence-corrected chi connectivity index (χ3v) is 5.67. The van der Waals surface area contributed by atoms with Gasteiger partial charge in [0.25, 0.3) is 0 Å². The first-order valence-corrected chi connectivity index (χ1v) is 10.3. The molecule has 0 fully saturated rings. The number of furan rings is 1. The highest BCUT2D eigenvalue weighted by Gasteiger charge is 2.16. The number of aromatic nitrogens is 1. The van der Waals surface area contributed by atoms with Crippen molar-refractivity contribution >= 4 is 33.9 Å². The number of benzene rings is 2. The van der Waals surface area contributed by atoms with E-state index in [0.717, 1.165) is 45.6 Å². The van der Waals surface area contributed by atoms with E-state index in [1.165, 1.54) is 6.07 Å². The lowest BCUT2D eigenvalue weighted by molar-refractivity contribution is 0.368. The standard InChI is InChI=1S/C24H24FN3OS/c1-16-6-3-4-8-22(16)27-24(30)28(15-19-7-5-13-29-19)12-11-20-17(2)26-23-10-9-18(25)14-21(20)23/h3-10,13-14,26H,11-12,15H2,1-2H3,(H,27,30). The van der Waals surface area contributed by atoms with Gasteiger partial charge in [-0.3, -0.25) is 0 Å². The van der Waals surface area contributed by atoms with Gasteiger partial charge in [0.2, 0.25) is 0 Å². The summed E-state index contributed by atoms with van der Waals surface area (Å²) in [4.78, 5) is 5.43. The van der Waals surface area contributed by atoms with Gasteiger partial charge < -0.3 is 19.6 Å². The van der Waals surface area contributed by atoms with Crippen molar-refractivity contribution in [3.63, 3.8) is 0 Å². The van der Waals surface area contributed by atoms with E-state index < -0.39 is 0 Å². The molecule has 0 aliphatic rings. The molecule has 4 rings (SSSR count). The van der Waals surface area contributed by atoms with Gasteiger partial charge in [-0.15, -0.1) is 0 Å². The number of hydrogen-bond donors (Lipinski definition) is 2. The molecule has 0 aliphatic carbocycles. The number of nitrogens with one attached hydrogen (secondary N) is 2. The number of H-pyrrole nitrogens is 1. The SMILES string of the molecule is Cc1ccccc1NC(=S)N(CCc1c(C)[nH]c2ccc(F)cc12)Cc1ccco1. The van der Waals surface area contributed by atoms with Crippen molar-refractivity contribution in [2.75, 3.05) is 11.9 Å². The van der Waals surface area contributed by atoms with Crippen molar-refractivity contribution in [3.8, 4) is 0 Å². The van der Waals surface area contributed by atoms with E-state index in [0.29, 0.717) is 18.2 Å². The van der Waals surface area contributed by atoms with Crippen molar-refractivity contribution < 1.29 is 8.81 Å². The molecule has 30 heavy (non-hydrogen) atoms. The van der Waals surface area contributed by atoms with E-state index in [-0.39, 0.29) is 5.82 Å². The van der Waals surface area contributed by atoms with Crippen molar-refractivity contribution in [2.45, 2.75) is 26.8 Å². The molecule has 0 atom stereocenters. The molecule has 0 saturated carbocycles. The highest BCUT2D eigenvalue weighted by atomic mass is 32.1. The Labute approximate surface area is 180 Å². The quantitative estimate of drug-likeness (QED) is 0.377. The molecule has 0 radical (unpaired) electrons. The minimum absolute atomic E-state index is 0.230. The number of thiocarbonyl (C=S) groups is 1. The van der Waals surface area contributed by atoms with E-state index in [1.807, 2.05) is 50.2 Å².